The van der Waals surface area contributed by atoms with Crippen molar-refractivity contribution >= 4 is 26.0 Å². The number of hydrogen-bond acceptors (Lipinski definition) is 4. The maximum Gasteiger partial charge on any atom is 0.260 e. The number of aromatic nitrogens is 2. The second-order valence-electron chi connectivity index (χ2n) is 4.50. The smallest absolute Gasteiger partial charge is 0.260 e. The van der Waals surface area contributed by atoms with Crippen LogP contribution in [-0.2, 0) is 14.8 Å². The van der Waals surface area contributed by atoms with Gasteiger partial charge in [-0.15, -0.1) is 0 Å². The summed E-state index contributed by atoms with van der Waals surface area (Å²) in [4.78, 5) is 6.72. The zero-order valence-corrected chi connectivity index (χ0v) is 13.2. The first kappa shape index (κ1) is 15.0. The van der Waals surface area contributed by atoms with E-state index in [2.05, 4.69) is 25.9 Å². The molecule has 0 spiro atoms. The highest BCUT2D eigenvalue weighted by Gasteiger charge is 2.30. The number of ether oxygens (including phenoxy) is 1. The Morgan fingerprint density at radius 2 is 2.21 bits per heavy atom. The van der Waals surface area contributed by atoms with E-state index in [1.807, 2.05) is 0 Å². The van der Waals surface area contributed by atoms with Crippen LogP contribution in [0.5, 0.6) is 0 Å². The topological polar surface area (TPSA) is 75.3 Å². The van der Waals surface area contributed by atoms with E-state index in [1.165, 1.54) is 10.5 Å². The van der Waals surface area contributed by atoms with Crippen molar-refractivity contribution in [3.05, 3.63) is 12.0 Å². The standard InChI is InChI=1S/C11H18BrN3O3S/c1-9-13-8-11(14-9)19(16,17)15-5-2-10(3-6-15)18-7-4-12/h8,10H,2-7H2,1H3,(H,13,14). The van der Waals surface area contributed by atoms with Crippen molar-refractivity contribution in [2.24, 2.45) is 0 Å². The van der Waals surface area contributed by atoms with Crippen LogP contribution in [-0.4, -0.2) is 53.8 Å². The predicted molar refractivity (Wildman–Crippen MR) is 74.9 cm³/mol. The lowest BCUT2D eigenvalue weighted by molar-refractivity contribution is 0.0309. The molecule has 0 atom stereocenters. The molecule has 2 heterocycles. The molecule has 0 saturated carbocycles. The van der Waals surface area contributed by atoms with Crippen LogP contribution in [0.4, 0.5) is 0 Å². The molecule has 0 radical (unpaired) electrons. The summed E-state index contributed by atoms with van der Waals surface area (Å²) in [5.74, 6) is 0.606. The summed E-state index contributed by atoms with van der Waals surface area (Å²) in [5.41, 5.74) is 0. The molecule has 2 rings (SSSR count). The third-order valence-corrected chi connectivity index (χ3v) is 5.26. The van der Waals surface area contributed by atoms with Crippen LogP contribution in [0.3, 0.4) is 0 Å². The third-order valence-electron chi connectivity index (χ3n) is 3.13. The molecule has 6 nitrogen and oxygen atoms in total. The van der Waals surface area contributed by atoms with Crippen LogP contribution < -0.4 is 0 Å². The van der Waals surface area contributed by atoms with Gasteiger partial charge < -0.3 is 9.72 Å². The Balaban J connectivity index is 1.97. The van der Waals surface area contributed by atoms with Gasteiger partial charge in [0.15, 0.2) is 5.03 Å². The molecule has 1 aromatic heterocycles. The molecule has 108 valence electrons. The summed E-state index contributed by atoms with van der Waals surface area (Å²) >= 11 is 3.31. The normalized spacial score (nSPS) is 18.8. The Morgan fingerprint density at radius 1 is 1.53 bits per heavy atom. The molecular weight excluding hydrogens is 334 g/mol. The lowest BCUT2D eigenvalue weighted by atomic mass is 10.1. The quantitative estimate of drug-likeness (QED) is 0.810. The van der Waals surface area contributed by atoms with E-state index in [4.69, 9.17) is 4.74 Å². The largest absolute Gasteiger partial charge is 0.377 e. The highest BCUT2D eigenvalue weighted by atomic mass is 79.9. The van der Waals surface area contributed by atoms with Gasteiger partial charge in [-0.1, -0.05) is 15.9 Å². The van der Waals surface area contributed by atoms with Crippen LogP contribution in [0, 0.1) is 6.92 Å². The zero-order valence-electron chi connectivity index (χ0n) is 10.8. The summed E-state index contributed by atoms with van der Waals surface area (Å²) in [7, 11) is -3.43. The van der Waals surface area contributed by atoms with E-state index in [9.17, 15) is 8.42 Å². The number of aryl methyl sites for hydroxylation is 1. The first-order chi connectivity index (χ1) is 9.04. The SMILES string of the molecule is Cc1ncc(S(=O)(=O)N2CCC(OCCBr)CC2)[nH]1. The van der Waals surface area contributed by atoms with Crippen LogP contribution in [0.1, 0.15) is 18.7 Å². The third kappa shape index (κ3) is 3.56. The number of halogens is 1. The van der Waals surface area contributed by atoms with Crippen LogP contribution >= 0.6 is 15.9 Å². The van der Waals surface area contributed by atoms with Gasteiger partial charge in [0.2, 0.25) is 0 Å². The number of imidazole rings is 1. The first-order valence-corrected chi connectivity index (χ1v) is 8.79. The molecule has 0 aromatic carbocycles. The molecule has 1 aliphatic rings. The Hall–Kier alpha value is -0.440. The minimum atomic E-state index is -3.43. The summed E-state index contributed by atoms with van der Waals surface area (Å²) in [6.07, 6.45) is 3.00. The molecule has 0 amide bonds. The van der Waals surface area contributed by atoms with Crippen molar-refractivity contribution < 1.29 is 13.2 Å². The molecule has 0 unspecified atom stereocenters. The van der Waals surface area contributed by atoms with E-state index >= 15 is 0 Å². The number of nitrogens with one attached hydrogen (secondary N) is 1. The Kier molecular flexibility index (Phi) is 4.99. The number of alkyl halides is 1. The molecular formula is C11H18BrN3O3S. The average Bonchev–Trinajstić information content (AvgIpc) is 2.84. The van der Waals surface area contributed by atoms with Gasteiger partial charge in [-0.05, 0) is 19.8 Å². The molecule has 0 bridgehead atoms. The number of sulfonamides is 1. The molecule has 1 saturated heterocycles. The van der Waals surface area contributed by atoms with Gasteiger partial charge in [0, 0.05) is 18.4 Å². The fourth-order valence-electron chi connectivity index (χ4n) is 2.12. The molecule has 0 aliphatic carbocycles. The summed E-state index contributed by atoms with van der Waals surface area (Å²) in [6, 6.07) is 0. The minimum absolute atomic E-state index is 0.160. The van der Waals surface area contributed by atoms with Crippen molar-refractivity contribution in [3.63, 3.8) is 0 Å². The van der Waals surface area contributed by atoms with E-state index < -0.39 is 10.0 Å². The second-order valence-corrected chi connectivity index (χ2v) is 7.20. The number of H-pyrrole nitrogens is 1. The fourth-order valence-corrected chi connectivity index (χ4v) is 3.74. The number of piperidine rings is 1. The first-order valence-electron chi connectivity index (χ1n) is 6.23. The maximum atomic E-state index is 12.3. The number of rotatable bonds is 5. The number of nitrogens with zero attached hydrogens (tertiary/aromatic N) is 2. The molecule has 19 heavy (non-hydrogen) atoms. The van der Waals surface area contributed by atoms with E-state index in [-0.39, 0.29) is 11.1 Å². The van der Waals surface area contributed by atoms with E-state index in [1.54, 1.807) is 6.92 Å². The lowest BCUT2D eigenvalue weighted by Gasteiger charge is -2.30. The summed E-state index contributed by atoms with van der Waals surface area (Å²) in [5, 5.41) is 0.976. The molecule has 1 aromatic rings. The highest BCUT2D eigenvalue weighted by Crippen LogP contribution is 2.21. The molecule has 8 heteroatoms. The fraction of sp³-hybridized carbons (Fsp3) is 0.727. The van der Waals surface area contributed by atoms with Crippen molar-refractivity contribution in [3.8, 4) is 0 Å². The lowest BCUT2D eigenvalue weighted by Crippen LogP contribution is -2.41. The van der Waals surface area contributed by atoms with Crippen LogP contribution in [0.15, 0.2) is 11.2 Å². The second kappa shape index (κ2) is 6.34. The van der Waals surface area contributed by atoms with Gasteiger partial charge in [0.05, 0.1) is 18.9 Å². The molecule has 1 fully saturated rings. The van der Waals surface area contributed by atoms with Crippen molar-refractivity contribution in [1.29, 1.82) is 0 Å². The van der Waals surface area contributed by atoms with Crippen LogP contribution in [0.25, 0.3) is 0 Å². The number of hydrogen-bond donors (Lipinski definition) is 1. The van der Waals surface area contributed by atoms with E-state index in [0.717, 1.165) is 18.2 Å². The van der Waals surface area contributed by atoms with Gasteiger partial charge in [-0.25, -0.2) is 13.4 Å². The predicted octanol–water partition coefficient (Wildman–Crippen LogP) is 1.28. The van der Waals surface area contributed by atoms with Gasteiger partial charge in [0.25, 0.3) is 10.0 Å². The monoisotopic (exact) mass is 351 g/mol. The van der Waals surface area contributed by atoms with Gasteiger partial charge >= 0.3 is 0 Å². The Morgan fingerprint density at radius 3 is 2.74 bits per heavy atom. The average molecular weight is 352 g/mol. The summed E-state index contributed by atoms with van der Waals surface area (Å²) in [6.45, 7) is 3.39. The van der Waals surface area contributed by atoms with Crippen molar-refractivity contribution in [1.82, 2.24) is 14.3 Å². The highest BCUT2D eigenvalue weighted by molar-refractivity contribution is 9.09. The minimum Gasteiger partial charge on any atom is -0.377 e. The summed E-state index contributed by atoms with van der Waals surface area (Å²) < 4.78 is 31.8. The Bertz CT molecular complexity index is 509. The molecule has 1 aliphatic heterocycles. The zero-order chi connectivity index (χ0) is 13.9. The van der Waals surface area contributed by atoms with Crippen molar-refractivity contribution in [2.45, 2.75) is 30.9 Å². The Labute approximate surface area is 121 Å². The molecule has 1 N–H and O–H groups in total. The van der Waals surface area contributed by atoms with Gasteiger partial charge in [-0.2, -0.15) is 4.31 Å². The van der Waals surface area contributed by atoms with Gasteiger partial charge in [-0.3, -0.25) is 0 Å². The number of aromatic amines is 1. The maximum absolute atomic E-state index is 12.3. The van der Waals surface area contributed by atoms with Crippen molar-refractivity contribution in [2.75, 3.05) is 25.0 Å². The van der Waals surface area contributed by atoms with Crippen LogP contribution in [0.2, 0.25) is 0 Å². The van der Waals surface area contributed by atoms with E-state index in [0.29, 0.717) is 25.5 Å². The van der Waals surface area contributed by atoms with Gasteiger partial charge in [0.1, 0.15) is 5.82 Å².